The number of rotatable bonds is 3. The van der Waals surface area contributed by atoms with Crippen molar-refractivity contribution in [3.05, 3.63) is 71.3 Å². The summed E-state index contributed by atoms with van der Waals surface area (Å²) in [5.74, 6) is 0.774. The Kier molecular flexibility index (Phi) is 5.08. The second kappa shape index (κ2) is 7.07. The Labute approximate surface area is 145 Å². The number of hydrogen-bond donors (Lipinski definition) is 1. The molecule has 0 amide bonds. The molecule has 2 aliphatic rings. The molecule has 4 rings (SSSR count). The van der Waals surface area contributed by atoms with Gasteiger partial charge in [-0.2, -0.15) is 0 Å². The molecule has 0 bridgehead atoms. The molecule has 2 aromatic carbocycles. The van der Waals surface area contributed by atoms with Crippen molar-refractivity contribution in [2.75, 3.05) is 0 Å². The normalized spacial score (nSPS) is 25.8. The molecule has 1 nitrogen and oxygen atoms in total. The summed E-state index contributed by atoms with van der Waals surface area (Å²) in [5.41, 5.74) is 4.76. The van der Waals surface area contributed by atoms with Crippen molar-refractivity contribution in [1.82, 2.24) is 5.32 Å². The average Bonchev–Trinajstić information content (AvgIpc) is 2.73. The van der Waals surface area contributed by atoms with Gasteiger partial charge in [-0.1, -0.05) is 73.9 Å². The summed E-state index contributed by atoms with van der Waals surface area (Å²) in [6, 6.07) is 20.0. The summed E-state index contributed by atoms with van der Waals surface area (Å²) in [4.78, 5) is 0. The predicted octanol–water partition coefficient (Wildman–Crippen LogP) is 5.23. The molecule has 0 radical (unpaired) electrons. The zero-order valence-electron chi connectivity index (χ0n) is 13.6. The number of nitrogens with one attached hydrogen (secondary N) is 1. The van der Waals surface area contributed by atoms with E-state index in [1.54, 1.807) is 11.1 Å². The molecule has 2 aliphatic carbocycles. The molecule has 2 atom stereocenters. The smallest absolute Gasteiger partial charge is 0.0471 e. The summed E-state index contributed by atoms with van der Waals surface area (Å²) in [7, 11) is 0. The van der Waals surface area contributed by atoms with Crippen LogP contribution in [0.15, 0.2) is 54.6 Å². The maximum atomic E-state index is 4.01. The Bertz CT molecular complexity index is 639. The maximum absolute atomic E-state index is 4.01. The Morgan fingerprint density at radius 1 is 0.913 bits per heavy atom. The standard InChI is InChI=1S/C21H25N.ClH/c1-3-9-17(10-4-1)16-22-21-14-8-2-5-12-19(21)15-18-11-6-7-13-20(18)21;/h1,3-4,6-7,9-11,13,19,22H,2,5,8,12,14-16H2;1H/t19-,21+;/m0./s1. The molecule has 0 spiro atoms. The van der Waals surface area contributed by atoms with Gasteiger partial charge in [0.15, 0.2) is 0 Å². The third-order valence-electron chi connectivity index (χ3n) is 5.74. The van der Waals surface area contributed by atoms with E-state index in [0.29, 0.717) is 0 Å². The van der Waals surface area contributed by atoms with Crippen molar-refractivity contribution in [3.63, 3.8) is 0 Å². The van der Waals surface area contributed by atoms with E-state index in [4.69, 9.17) is 0 Å². The van der Waals surface area contributed by atoms with Crippen molar-refractivity contribution < 1.29 is 0 Å². The molecule has 1 saturated carbocycles. The highest BCUT2D eigenvalue weighted by molar-refractivity contribution is 5.85. The molecule has 0 aromatic heterocycles. The first-order chi connectivity index (χ1) is 10.9. The van der Waals surface area contributed by atoms with E-state index in [1.165, 1.54) is 44.1 Å². The maximum Gasteiger partial charge on any atom is 0.0471 e. The summed E-state index contributed by atoms with van der Waals surface area (Å²) in [6.45, 7) is 0.978. The van der Waals surface area contributed by atoms with Crippen LogP contribution in [0, 0.1) is 5.92 Å². The van der Waals surface area contributed by atoms with Crippen molar-refractivity contribution in [1.29, 1.82) is 0 Å². The van der Waals surface area contributed by atoms with Crippen LogP contribution in [-0.2, 0) is 18.5 Å². The first-order valence-corrected chi connectivity index (χ1v) is 8.76. The number of halogens is 1. The molecule has 1 fully saturated rings. The molecule has 23 heavy (non-hydrogen) atoms. The summed E-state index contributed by atoms with van der Waals surface area (Å²) in [6.07, 6.45) is 8.07. The van der Waals surface area contributed by atoms with Gasteiger partial charge in [0.25, 0.3) is 0 Å². The van der Waals surface area contributed by atoms with Crippen LogP contribution in [0.4, 0.5) is 0 Å². The first-order valence-electron chi connectivity index (χ1n) is 8.76. The van der Waals surface area contributed by atoms with Gasteiger partial charge >= 0.3 is 0 Å². The average molecular weight is 328 g/mol. The Balaban J connectivity index is 0.00000156. The van der Waals surface area contributed by atoms with E-state index in [9.17, 15) is 0 Å². The molecule has 0 saturated heterocycles. The first kappa shape index (κ1) is 16.5. The SMILES string of the molecule is Cl.c1ccc(CN[C@]23CCCCC[C@H]2Cc2ccccc23)cc1. The monoisotopic (exact) mass is 327 g/mol. The molecule has 2 heteroatoms. The minimum atomic E-state index is 0. The van der Waals surface area contributed by atoms with Crippen LogP contribution in [0.2, 0.25) is 0 Å². The van der Waals surface area contributed by atoms with Gasteiger partial charge in [-0.15, -0.1) is 12.4 Å². The van der Waals surface area contributed by atoms with E-state index in [1.807, 2.05) is 0 Å². The lowest BCUT2D eigenvalue weighted by Gasteiger charge is -2.37. The Morgan fingerprint density at radius 2 is 1.70 bits per heavy atom. The number of hydrogen-bond acceptors (Lipinski definition) is 1. The van der Waals surface area contributed by atoms with E-state index in [0.717, 1.165) is 12.5 Å². The topological polar surface area (TPSA) is 12.0 Å². The second-order valence-electron chi connectivity index (χ2n) is 6.97. The van der Waals surface area contributed by atoms with Gasteiger partial charge in [0.2, 0.25) is 0 Å². The zero-order chi connectivity index (χ0) is 14.8. The second-order valence-corrected chi connectivity index (χ2v) is 6.97. The minimum Gasteiger partial charge on any atom is -0.303 e. The van der Waals surface area contributed by atoms with Crippen molar-refractivity contribution >= 4 is 12.4 Å². The van der Waals surface area contributed by atoms with E-state index < -0.39 is 0 Å². The molecular weight excluding hydrogens is 302 g/mol. The highest BCUT2D eigenvalue weighted by Crippen LogP contribution is 2.48. The zero-order valence-corrected chi connectivity index (χ0v) is 14.4. The third-order valence-corrected chi connectivity index (χ3v) is 5.74. The molecular formula is C21H26ClN. The third kappa shape index (κ3) is 3.05. The van der Waals surface area contributed by atoms with Crippen molar-refractivity contribution in [3.8, 4) is 0 Å². The molecule has 1 N–H and O–H groups in total. The molecule has 0 unspecified atom stereocenters. The minimum absolute atomic E-state index is 0. The van der Waals surface area contributed by atoms with Gasteiger partial charge in [-0.3, -0.25) is 0 Å². The summed E-state index contributed by atoms with van der Waals surface area (Å²) < 4.78 is 0. The van der Waals surface area contributed by atoms with Gasteiger partial charge in [0, 0.05) is 12.1 Å². The van der Waals surface area contributed by atoms with Crippen LogP contribution in [0.25, 0.3) is 0 Å². The van der Waals surface area contributed by atoms with Crippen LogP contribution >= 0.6 is 12.4 Å². The molecule has 0 aliphatic heterocycles. The van der Waals surface area contributed by atoms with Crippen LogP contribution in [-0.4, -0.2) is 0 Å². The van der Waals surface area contributed by atoms with Crippen LogP contribution in [0.1, 0.15) is 48.8 Å². The summed E-state index contributed by atoms with van der Waals surface area (Å²) >= 11 is 0. The molecule has 122 valence electrons. The highest BCUT2D eigenvalue weighted by atomic mass is 35.5. The quantitative estimate of drug-likeness (QED) is 0.814. The van der Waals surface area contributed by atoms with Crippen molar-refractivity contribution in [2.24, 2.45) is 5.92 Å². The van der Waals surface area contributed by atoms with Crippen LogP contribution < -0.4 is 5.32 Å². The van der Waals surface area contributed by atoms with Gasteiger partial charge in [-0.25, -0.2) is 0 Å². The Hall–Kier alpha value is -1.31. The molecule has 2 aromatic rings. The number of fused-ring (bicyclic) bond motifs is 3. The van der Waals surface area contributed by atoms with Gasteiger partial charge in [0.1, 0.15) is 0 Å². The fourth-order valence-corrected chi connectivity index (χ4v) is 4.64. The van der Waals surface area contributed by atoms with Gasteiger partial charge in [0.05, 0.1) is 0 Å². The van der Waals surface area contributed by atoms with E-state index in [-0.39, 0.29) is 17.9 Å². The Morgan fingerprint density at radius 3 is 2.57 bits per heavy atom. The van der Waals surface area contributed by atoms with E-state index >= 15 is 0 Å². The lowest BCUT2D eigenvalue weighted by atomic mass is 9.79. The fourth-order valence-electron chi connectivity index (χ4n) is 4.64. The van der Waals surface area contributed by atoms with Gasteiger partial charge < -0.3 is 5.32 Å². The molecule has 0 heterocycles. The summed E-state index contributed by atoms with van der Waals surface area (Å²) in [5, 5.41) is 4.01. The van der Waals surface area contributed by atoms with Crippen LogP contribution in [0.5, 0.6) is 0 Å². The fraction of sp³-hybridized carbons (Fsp3) is 0.429. The van der Waals surface area contributed by atoms with Gasteiger partial charge in [-0.05, 0) is 41.9 Å². The predicted molar refractivity (Wildman–Crippen MR) is 98.9 cm³/mol. The number of benzene rings is 2. The largest absolute Gasteiger partial charge is 0.303 e. The van der Waals surface area contributed by atoms with Crippen molar-refractivity contribution in [2.45, 2.75) is 50.6 Å². The van der Waals surface area contributed by atoms with Crippen LogP contribution in [0.3, 0.4) is 0 Å². The van der Waals surface area contributed by atoms with E-state index in [2.05, 4.69) is 59.9 Å². The lowest BCUT2D eigenvalue weighted by molar-refractivity contribution is 0.212. The lowest BCUT2D eigenvalue weighted by Crippen LogP contribution is -2.45. The highest BCUT2D eigenvalue weighted by Gasteiger charge is 2.46.